The first-order valence-corrected chi connectivity index (χ1v) is 8.01. The van der Waals surface area contributed by atoms with Crippen LogP contribution in [0.15, 0.2) is 17.0 Å². The van der Waals surface area contributed by atoms with Crippen molar-refractivity contribution in [2.24, 2.45) is 0 Å². The number of methoxy groups -OCH3 is 1. The van der Waals surface area contributed by atoms with E-state index < -0.39 is 10.0 Å². The van der Waals surface area contributed by atoms with Gasteiger partial charge in [-0.05, 0) is 31.0 Å². The van der Waals surface area contributed by atoms with Crippen LogP contribution >= 0.6 is 0 Å². The van der Waals surface area contributed by atoms with Gasteiger partial charge in [0.2, 0.25) is 15.9 Å². The molecular formula is C13H19N3O4S. The van der Waals surface area contributed by atoms with Crippen LogP contribution in [-0.4, -0.2) is 45.4 Å². The van der Waals surface area contributed by atoms with Crippen molar-refractivity contribution in [1.82, 2.24) is 9.62 Å². The second-order valence-electron chi connectivity index (χ2n) is 4.90. The first-order chi connectivity index (χ1) is 9.86. The van der Waals surface area contributed by atoms with E-state index in [0.717, 1.165) is 9.87 Å². The van der Waals surface area contributed by atoms with Gasteiger partial charge in [-0.1, -0.05) is 0 Å². The van der Waals surface area contributed by atoms with Gasteiger partial charge in [0, 0.05) is 18.8 Å². The molecule has 1 amide bonds. The molecule has 8 heteroatoms. The second-order valence-corrected chi connectivity index (χ2v) is 6.81. The highest BCUT2D eigenvalue weighted by atomic mass is 32.2. The third-order valence-electron chi connectivity index (χ3n) is 3.40. The number of anilines is 1. The Morgan fingerprint density at radius 3 is 2.76 bits per heavy atom. The van der Waals surface area contributed by atoms with Crippen molar-refractivity contribution in [2.45, 2.75) is 18.2 Å². The minimum Gasteiger partial charge on any atom is -0.495 e. The predicted molar refractivity (Wildman–Crippen MR) is 78.5 cm³/mol. The van der Waals surface area contributed by atoms with Gasteiger partial charge >= 0.3 is 0 Å². The molecule has 0 bridgehead atoms. The quantitative estimate of drug-likeness (QED) is 0.770. The molecule has 0 unspecified atom stereocenters. The standard InChI is InChI=1S/C13H19N3O4S/c1-9-6-11(20-2)12(7-10(9)14)21(18,19)16-5-3-4-15-13(17)8-16/h6-7H,3-5,8,14H2,1-2H3,(H,15,17). The zero-order valence-electron chi connectivity index (χ0n) is 12.0. The molecule has 0 aromatic heterocycles. The Bertz CT molecular complexity index is 658. The number of carbonyl (C=O) groups excluding carboxylic acids is 1. The lowest BCUT2D eigenvalue weighted by Crippen LogP contribution is -2.37. The summed E-state index contributed by atoms with van der Waals surface area (Å²) in [5, 5.41) is 2.65. The van der Waals surface area contributed by atoms with Crippen LogP contribution in [0.4, 0.5) is 5.69 Å². The lowest BCUT2D eigenvalue weighted by atomic mass is 10.2. The van der Waals surface area contributed by atoms with Crippen molar-refractivity contribution < 1.29 is 17.9 Å². The smallest absolute Gasteiger partial charge is 0.247 e. The molecule has 2 rings (SSSR count). The minimum absolute atomic E-state index is 0.0113. The largest absolute Gasteiger partial charge is 0.495 e. The number of carbonyl (C=O) groups is 1. The average molecular weight is 313 g/mol. The highest BCUT2D eigenvalue weighted by Crippen LogP contribution is 2.31. The first kappa shape index (κ1) is 15.6. The van der Waals surface area contributed by atoms with Crippen LogP contribution in [0.1, 0.15) is 12.0 Å². The third kappa shape index (κ3) is 3.11. The SMILES string of the molecule is COc1cc(C)c(N)cc1S(=O)(=O)N1CCCNC(=O)C1. The number of ether oxygens (including phenoxy) is 1. The molecule has 1 aromatic carbocycles. The van der Waals surface area contributed by atoms with Crippen LogP contribution in [0.2, 0.25) is 0 Å². The van der Waals surface area contributed by atoms with E-state index in [0.29, 0.717) is 18.7 Å². The number of aryl methyl sites for hydroxylation is 1. The van der Waals surface area contributed by atoms with Gasteiger partial charge in [0.15, 0.2) is 0 Å². The molecule has 0 saturated carbocycles. The molecule has 0 atom stereocenters. The first-order valence-electron chi connectivity index (χ1n) is 6.57. The number of hydrogen-bond donors (Lipinski definition) is 2. The Hall–Kier alpha value is -1.80. The van der Waals surface area contributed by atoms with Gasteiger partial charge in [-0.2, -0.15) is 4.31 Å². The van der Waals surface area contributed by atoms with Crippen molar-refractivity contribution >= 4 is 21.6 Å². The molecule has 0 aliphatic carbocycles. The van der Waals surface area contributed by atoms with E-state index in [1.54, 1.807) is 13.0 Å². The summed E-state index contributed by atoms with van der Waals surface area (Å²) in [5.41, 5.74) is 6.92. The molecule has 1 heterocycles. The van der Waals surface area contributed by atoms with Gasteiger partial charge in [-0.15, -0.1) is 0 Å². The summed E-state index contributed by atoms with van der Waals surface area (Å²) in [7, 11) is -2.43. The number of nitrogens with one attached hydrogen (secondary N) is 1. The monoisotopic (exact) mass is 313 g/mol. The fraction of sp³-hybridized carbons (Fsp3) is 0.462. The van der Waals surface area contributed by atoms with E-state index in [9.17, 15) is 13.2 Å². The van der Waals surface area contributed by atoms with Crippen molar-refractivity contribution in [2.75, 3.05) is 32.5 Å². The fourth-order valence-corrected chi connectivity index (χ4v) is 3.77. The van der Waals surface area contributed by atoms with Crippen LogP contribution in [0, 0.1) is 6.92 Å². The van der Waals surface area contributed by atoms with Gasteiger partial charge in [-0.3, -0.25) is 4.79 Å². The predicted octanol–water partition coefficient (Wildman–Crippen LogP) is 0.0964. The van der Waals surface area contributed by atoms with Crippen LogP contribution in [0.3, 0.4) is 0 Å². The maximum absolute atomic E-state index is 12.7. The Balaban J connectivity index is 2.48. The van der Waals surface area contributed by atoms with Crippen LogP contribution in [0.25, 0.3) is 0 Å². The number of rotatable bonds is 3. The summed E-state index contributed by atoms with van der Waals surface area (Å²) < 4.78 is 31.8. The molecule has 116 valence electrons. The fourth-order valence-electron chi connectivity index (χ4n) is 2.16. The molecule has 21 heavy (non-hydrogen) atoms. The Morgan fingerprint density at radius 1 is 1.38 bits per heavy atom. The van der Waals surface area contributed by atoms with E-state index in [2.05, 4.69) is 5.32 Å². The maximum Gasteiger partial charge on any atom is 0.247 e. The summed E-state index contributed by atoms with van der Waals surface area (Å²) in [6, 6.07) is 2.96. The minimum atomic E-state index is -3.83. The van der Waals surface area contributed by atoms with E-state index in [1.807, 2.05) is 0 Å². The van der Waals surface area contributed by atoms with E-state index in [-0.39, 0.29) is 29.6 Å². The van der Waals surface area contributed by atoms with Gasteiger partial charge in [-0.25, -0.2) is 8.42 Å². The molecule has 0 spiro atoms. The topological polar surface area (TPSA) is 102 Å². The molecule has 1 aliphatic rings. The second kappa shape index (κ2) is 5.90. The molecular weight excluding hydrogens is 294 g/mol. The Morgan fingerprint density at radius 2 is 2.10 bits per heavy atom. The molecule has 0 radical (unpaired) electrons. The highest BCUT2D eigenvalue weighted by molar-refractivity contribution is 7.89. The van der Waals surface area contributed by atoms with Gasteiger partial charge < -0.3 is 15.8 Å². The van der Waals surface area contributed by atoms with Gasteiger partial charge in [0.25, 0.3) is 0 Å². The molecule has 1 aliphatic heterocycles. The summed E-state index contributed by atoms with van der Waals surface area (Å²) >= 11 is 0. The van der Waals surface area contributed by atoms with E-state index in [4.69, 9.17) is 10.5 Å². The van der Waals surface area contributed by atoms with Gasteiger partial charge in [0.1, 0.15) is 10.6 Å². The van der Waals surface area contributed by atoms with Crippen LogP contribution in [-0.2, 0) is 14.8 Å². The summed E-state index contributed by atoms with van der Waals surface area (Å²) in [6.07, 6.45) is 0.564. The zero-order valence-corrected chi connectivity index (χ0v) is 12.9. The number of benzene rings is 1. The van der Waals surface area contributed by atoms with Crippen LogP contribution < -0.4 is 15.8 Å². The maximum atomic E-state index is 12.7. The lowest BCUT2D eigenvalue weighted by molar-refractivity contribution is -0.120. The number of hydrogen-bond acceptors (Lipinski definition) is 5. The van der Waals surface area contributed by atoms with E-state index in [1.165, 1.54) is 13.2 Å². The van der Waals surface area contributed by atoms with Crippen LogP contribution in [0.5, 0.6) is 5.75 Å². The van der Waals surface area contributed by atoms with Crippen molar-refractivity contribution in [1.29, 1.82) is 0 Å². The zero-order chi connectivity index (χ0) is 15.6. The summed E-state index contributed by atoms with van der Waals surface area (Å²) in [4.78, 5) is 11.6. The molecule has 7 nitrogen and oxygen atoms in total. The van der Waals surface area contributed by atoms with Crippen molar-refractivity contribution in [3.05, 3.63) is 17.7 Å². The number of nitrogens with two attached hydrogens (primary N) is 1. The molecule has 1 fully saturated rings. The van der Waals surface area contributed by atoms with Gasteiger partial charge in [0.05, 0.1) is 13.7 Å². The number of nitrogens with zero attached hydrogens (tertiary/aromatic N) is 1. The Labute approximate surface area is 124 Å². The molecule has 1 saturated heterocycles. The van der Waals surface area contributed by atoms with Crippen molar-refractivity contribution in [3.63, 3.8) is 0 Å². The number of amides is 1. The highest BCUT2D eigenvalue weighted by Gasteiger charge is 2.31. The average Bonchev–Trinajstić information content (AvgIpc) is 2.66. The lowest BCUT2D eigenvalue weighted by Gasteiger charge is -2.21. The normalized spacial score (nSPS) is 17.1. The third-order valence-corrected chi connectivity index (χ3v) is 5.26. The van der Waals surface area contributed by atoms with E-state index >= 15 is 0 Å². The molecule has 1 aromatic rings. The summed E-state index contributed by atoms with van der Waals surface area (Å²) in [6.45, 7) is 2.32. The van der Waals surface area contributed by atoms with Crippen molar-refractivity contribution in [3.8, 4) is 5.75 Å². The molecule has 3 N–H and O–H groups in total. The number of nitrogen functional groups attached to an aromatic ring is 1. The Kier molecular flexibility index (Phi) is 4.38. The number of sulfonamides is 1. The summed E-state index contributed by atoms with van der Waals surface area (Å²) in [5.74, 6) is -0.0820.